The first-order valence-corrected chi connectivity index (χ1v) is 9.11. The number of carbonyl (C=O) groups is 1. The number of aliphatic imine (C=N–C) groups is 1. The average molecular weight is 378 g/mol. The van der Waals surface area contributed by atoms with Gasteiger partial charge < -0.3 is 14.0 Å². The van der Waals surface area contributed by atoms with Crippen LogP contribution < -0.4 is 5.43 Å². The van der Waals surface area contributed by atoms with E-state index in [1.54, 1.807) is 52.8 Å². The molecule has 0 fully saturated rings. The van der Waals surface area contributed by atoms with Crippen LogP contribution in [0.25, 0.3) is 15.8 Å². The van der Waals surface area contributed by atoms with Crippen molar-refractivity contribution in [3.63, 3.8) is 0 Å². The molecule has 2 aromatic rings. The van der Waals surface area contributed by atoms with Crippen LogP contribution in [0.15, 0.2) is 49.7 Å². The summed E-state index contributed by atoms with van der Waals surface area (Å²) in [4.78, 5) is 33.5. The van der Waals surface area contributed by atoms with Crippen LogP contribution >= 0.6 is 0 Å². The second kappa shape index (κ2) is 7.43. The van der Waals surface area contributed by atoms with Gasteiger partial charge in [0.1, 0.15) is 17.3 Å². The van der Waals surface area contributed by atoms with Crippen LogP contribution in [0.4, 0.5) is 0 Å². The predicted molar refractivity (Wildman–Crippen MR) is 107 cm³/mol. The molecule has 2 atom stereocenters. The molecule has 2 unspecified atom stereocenters. The van der Waals surface area contributed by atoms with E-state index in [0.717, 1.165) is 0 Å². The topological polar surface area (TPSA) is 73.2 Å². The molecule has 0 aliphatic carbocycles. The second-order valence-electron chi connectivity index (χ2n) is 7.20. The van der Waals surface area contributed by atoms with Gasteiger partial charge in [-0.05, 0) is 40.7 Å². The summed E-state index contributed by atoms with van der Waals surface area (Å²) in [6, 6.07) is 5.97. The van der Waals surface area contributed by atoms with Gasteiger partial charge in [0.25, 0.3) is 6.04 Å². The van der Waals surface area contributed by atoms with E-state index in [4.69, 9.17) is 15.7 Å². The highest BCUT2D eigenvalue weighted by Gasteiger charge is 2.43. The van der Waals surface area contributed by atoms with Gasteiger partial charge in [-0.1, -0.05) is 12.1 Å². The first-order valence-electron chi connectivity index (χ1n) is 9.11. The Kier molecular flexibility index (Phi) is 5.19. The van der Waals surface area contributed by atoms with Gasteiger partial charge in [0, 0.05) is 17.3 Å². The van der Waals surface area contributed by atoms with Crippen LogP contribution in [-0.2, 0) is 9.53 Å². The SMILES string of the molecule is [C-]#[N+]C1C(C)=NC(C)=C(C(=O)OC(C)C)C1c1cccc2c(=O)cc(C)oc12. The number of hydrogen-bond donors (Lipinski definition) is 0. The normalized spacial score (nSPS) is 19.5. The molecule has 1 aromatic carbocycles. The summed E-state index contributed by atoms with van der Waals surface area (Å²) in [6.45, 7) is 16.5. The number of hydrogen-bond acceptors (Lipinski definition) is 5. The largest absolute Gasteiger partial charge is 0.461 e. The molecular weight excluding hydrogens is 356 g/mol. The Bertz CT molecular complexity index is 1120. The highest BCUT2D eigenvalue weighted by atomic mass is 16.5. The van der Waals surface area contributed by atoms with E-state index >= 15 is 0 Å². The fourth-order valence-corrected chi connectivity index (χ4v) is 3.62. The quantitative estimate of drug-likeness (QED) is 0.593. The number of ether oxygens (including phenoxy) is 1. The molecular formula is C22H22N2O4. The Morgan fingerprint density at radius 2 is 2.00 bits per heavy atom. The number of esters is 1. The maximum atomic E-state index is 12.9. The molecule has 2 heterocycles. The number of carbonyl (C=O) groups excluding carboxylic acids is 1. The van der Waals surface area contributed by atoms with Crippen LogP contribution in [0.5, 0.6) is 0 Å². The van der Waals surface area contributed by atoms with Gasteiger partial charge in [0.2, 0.25) is 0 Å². The van der Waals surface area contributed by atoms with E-state index in [1.807, 2.05) is 0 Å². The Morgan fingerprint density at radius 1 is 1.29 bits per heavy atom. The van der Waals surface area contributed by atoms with Crippen LogP contribution in [0.3, 0.4) is 0 Å². The molecule has 1 aliphatic rings. The number of para-hydroxylation sites is 1. The second-order valence-corrected chi connectivity index (χ2v) is 7.20. The van der Waals surface area contributed by atoms with Crippen molar-refractivity contribution in [2.24, 2.45) is 4.99 Å². The Hall–Kier alpha value is -3.20. The van der Waals surface area contributed by atoms with Crippen LogP contribution in [0.1, 0.15) is 44.9 Å². The lowest BCUT2D eigenvalue weighted by Gasteiger charge is -2.27. The fourth-order valence-electron chi connectivity index (χ4n) is 3.62. The van der Waals surface area contributed by atoms with E-state index < -0.39 is 17.9 Å². The molecule has 144 valence electrons. The van der Waals surface area contributed by atoms with E-state index in [1.165, 1.54) is 6.07 Å². The molecule has 3 rings (SSSR count). The summed E-state index contributed by atoms with van der Waals surface area (Å²) < 4.78 is 11.3. The molecule has 1 aromatic heterocycles. The van der Waals surface area contributed by atoms with E-state index in [-0.39, 0.29) is 11.5 Å². The van der Waals surface area contributed by atoms with E-state index in [9.17, 15) is 9.59 Å². The van der Waals surface area contributed by atoms with Crippen molar-refractivity contribution in [1.82, 2.24) is 0 Å². The lowest BCUT2D eigenvalue weighted by molar-refractivity contribution is -0.143. The summed E-state index contributed by atoms with van der Waals surface area (Å²) >= 11 is 0. The van der Waals surface area contributed by atoms with Gasteiger partial charge in [-0.3, -0.25) is 9.79 Å². The highest BCUT2D eigenvalue weighted by Crippen LogP contribution is 2.40. The summed E-state index contributed by atoms with van der Waals surface area (Å²) in [7, 11) is 0. The average Bonchev–Trinajstić information content (AvgIpc) is 2.59. The number of fused-ring (bicyclic) bond motifs is 1. The predicted octanol–water partition coefficient (Wildman–Crippen LogP) is 4.17. The van der Waals surface area contributed by atoms with Crippen molar-refractivity contribution in [3.8, 4) is 0 Å². The number of rotatable bonds is 3. The standard InChI is InChI=1S/C22H22N2O4/c1-11(2)27-22(26)18-13(4)24-14(5)20(23-6)19(18)16-9-7-8-15-17(25)10-12(3)28-21(15)16/h7-11,19-20H,1-5H3. The van der Waals surface area contributed by atoms with Gasteiger partial charge in [-0.25, -0.2) is 11.4 Å². The maximum Gasteiger partial charge on any atom is 0.337 e. The summed E-state index contributed by atoms with van der Waals surface area (Å²) in [5, 5.41) is 0.418. The summed E-state index contributed by atoms with van der Waals surface area (Å²) in [6.07, 6.45) is -0.306. The molecule has 0 spiro atoms. The smallest absolute Gasteiger partial charge is 0.337 e. The van der Waals surface area contributed by atoms with Crippen molar-refractivity contribution >= 4 is 22.7 Å². The number of nitrogens with zero attached hydrogens (tertiary/aromatic N) is 2. The minimum atomic E-state index is -0.685. The Morgan fingerprint density at radius 3 is 2.64 bits per heavy atom. The molecule has 0 amide bonds. The lowest BCUT2D eigenvalue weighted by Crippen LogP contribution is -2.33. The summed E-state index contributed by atoms with van der Waals surface area (Å²) in [5.74, 6) is -0.665. The zero-order valence-electron chi connectivity index (χ0n) is 16.6. The fraction of sp³-hybridized carbons (Fsp3) is 0.364. The number of aryl methyl sites for hydroxylation is 1. The van der Waals surface area contributed by atoms with Gasteiger partial charge in [-0.15, -0.1) is 0 Å². The van der Waals surface area contributed by atoms with Crippen molar-refractivity contribution in [3.05, 3.63) is 68.5 Å². The first kappa shape index (κ1) is 19.6. The van der Waals surface area contributed by atoms with E-state index in [0.29, 0.717) is 39.3 Å². The monoisotopic (exact) mass is 378 g/mol. The molecule has 28 heavy (non-hydrogen) atoms. The van der Waals surface area contributed by atoms with Crippen molar-refractivity contribution in [2.45, 2.75) is 52.7 Å². The lowest BCUT2D eigenvalue weighted by atomic mass is 9.79. The first-order chi connectivity index (χ1) is 13.2. The van der Waals surface area contributed by atoms with Gasteiger partial charge in [0.05, 0.1) is 22.8 Å². The molecule has 0 bridgehead atoms. The van der Waals surface area contributed by atoms with Crippen molar-refractivity contribution in [1.29, 1.82) is 0 Å². The minimum absolute atomic E-state index is 0.159. The number of allylic oxidation sites excluding steroid dienone is 1. The van der Waals surface area contributed by atoms with Crippen LogP contribution in [0, 0.1) is 13.5 Å². The van der Waals surface area contributed by atoms with Crippen LogP contribution in [-0.4, -0.2) is 23.8 Å². The van der Waals surface area contributed by atoms with Gasteiger partial charge in [-0.2, -0.15) is 0 Å². The number of benzene rings is 1. The maximum absolute atomic E-state index is 12.9. The van der Waals surface area contributed by atoms with Gasteiger partial charge >= 0.3 is 5.97 Å². The van der Waals surface area contributed by atoms with Crippen molar-refractivity contribution < 1.29 is 13.9 Å². The Labute approximate surface area is 163 Å². The minimum Gasteiger partial charge on any atom is -0.461 e. The zero-order valence-corrected chi connectivity index (χ0v) is 16.6. The molecule has 0 saturated carbocycles. The molecule has 6 heteroatoms. The van der Waals surface area contributed by atoms with Gasteiger partial charge in [0.15, 0.2) is 5.43 Å². The van der Waals surface area contributed by atoms with Crippen molar-refractivity contribution in [2.75, 3.05) is 0 Å². The van der Waals surface area contributed by atoms with Crippen LogP contribution in [0.2, 0.25) is 0 Å². The molecule has 6 nitrogen and oxygen atoms in total. The molecule has 1 aliphatic heterocycles. The summed E-state index contributed by atoms with van der Waals surface area (Å²) in [5.41, 5.74) is 2.31. The molecule has 0 saturated heterocycles. The molecule has 0 radical (unpaired) electrons. The third kappa shape index (κ3) is 3.36. The zero-order chi connectivity index (χ0) is 20.6. The third-order valence-corrected chi connectivity index (χ3v) is 4.73. The molecule has 0 N–H and O–H groups in total. The third-order valence-electron chi connectivity index (χ3n) is 4.73. The highest BCUT2D eigenvalue weighted by molar-refractivity contribution is 6.01. The van der Waals surface area contributed by atoms with E-state index in [2.05, 4.69) is 9.84 Å². The Balaban J connectivity index is 2.32.